The average molecular weight is 303 g/mol. The molecular formula is C14H11BrN2O. The second-order valence-corrected chi connectivity index (χ2v) is 5.16. The van der Waals surface area contributed by atoms with Gasteiger partial charge in [0.1, 0.15) is 5.82 Å². The molecule has 18 heavy (non-hydrogen) atoms. The summed E-state index contributed by atoms with van der Waals surface area (Å²) in [5.41, 5.74) is 1.11. The molecule has 0 unspecified atom stereocenters. The van der Waals surface area contributed by atoms with Crippen molar-refractivity contribution in [1.29, 1.82) is 0 Å². The van der Waals surface area contributed by atoms with Crippen molar-refractivity contribution in [3.8, 4) is 11.7 Å². The molecule has 0 aliphatic carbocycles. The van der Waals surface area contributed by atoms with Crippen LogP contribution in [0, 0.1) is 6.92 Å². The number of hydrogen-bond acceptors (Lipinski definition) is 2. The molecule has 0 atom stereocenters. The Bertz CT molecular complexity index is 734. The van der Waals surface area contributed by atoms with Gasteiger partial charge >= 0.3 is 0 Å². The average Bonchev–Trinajstić information content (AvgIpc) is 2.66. The summed E-state index contributed by atoms with van der Waals surface area (Å²) in [5.74, 6) is 0.940. The molecule has 0 spiro atoms. The van der Waals surface area contributed by atoms with Gasteiger partial charge in [-0.25, -0.2) is 4.98 Å². The fraction of sp³-hybridized carbons (Fsp3) is 0.0714. The highest BCUT2D eigenvalue weighted by molar-refractivity contribution is 9.10. The van der Waals surface area contributed by atoms with Crippen molar-refractivity contribution in [2.45, 2.75) is 6.92 Å². The third-order valence-corrected chi connectivity index (χ3v) is 3.39. The Morgan fingerprint density at radius 1 is 1.22 bits per heavy atom. The molecule has 3 aromatic rings. The molecule has 0 aliphatic rings. The molecule has 3 nitrogen and oxygen atoms in total. The van der Waals surface area contributed by atoms with Crippen molar-refractivity contribution in [2.75, 3.05) is 0 Å². The zero-order chi connectivity index (χ0) is 12.7. The lowest BCUT2D eigenvalue weighted by Crippen LogP contribution is -1.94. The van der Waals surface area contributed by atoms with Gasteiger partial charge in [0, 0.05) is 27.6 Å². The van der Waals surface area contributed by atoms with Gasteiger partial charge in [-0.15, -0.1) is 0 Å². The summed E-state index contributed by atoms with van der Waals surface area (Å²) in [7, 11) is 0. The van der Waals surface area contributed by atoms with E-state index in [-0.39, 0.29) is 5.88 Å². The van der Waals surface area contributed by atoms with Gasteiger partial charge in [-0.3, -0.25) is 4.57 Å². The normalized spacial score (nSPS) is 11.0. The van der Waals surface area contributed by atoms with Crippen LogP contribution in [0.4, 0.5) is 0 Å². The van der Waals surface area contributed by atoms with Gasteiger partial charge in [-0.2, -0.15) is 0 Å². The summed E-state index contributed by atoms with van der Waals surface area (Å²) in [6, 6.07) is 9.65. The summed E-state index contributed by atoms with van der Waals surface area (Å²) in [4.78, 5) is 4.28. The number of benzene rings is 1. The Kier molecular flexibility index (Phi) is 2.59. The number of aryl methyl sites for hydroxylation is 1. The monoisotopic (exact) mass is 302 g/mol. The number of fused-ring (bicyclic) bond motifs is 1. The van der Waals surface area contributed by atoms with E-state index in [4.69, 9.17) is 0 Å². The minimum atomic E-state index is 0.218. The second-order valence-electron chi connectivity index (χ2n) is 4.25. The van der Waals surface area contributed by atoms with Gasteiger partial charge in [0.05, 0.1) is 0 Å². The Hall–Kier alpha value is -1.81. The van der Waals surface area contributed by atoms with E-state index in [2.05, 4.69) is 20.9 Å². The lowest BCUT2D eigenvalue weighted by Gasteiger charge is -2.04. The van der Waals surface area contributed by atoms with E-state index in [1.54, 1.807) is 10.8 Å². The highest BCUT2D eigenvalue weighted by atomic mass is 79.9. The minimum Gasteiger partial charge on any atom is -0.494 e. The number of aromatic nitrogens is 2. The standard InChI is InChI=1S/C14H11BrN2O/c1-9-4-5-16-13(6-9)17-8-10-7-11(15)2-3-12(10)14(17)18/h2-8,18H,1H3. The smallest absolute Gasteiger partial charge is 0.204 e. The number of nitrogens with zero attached hydrogens (tertiary/aromatic N) is 2. The first-order valence-corrected chi connectivity index (χ1v) is 6.37. The number of rotatable bonds is 1. The van der Waals surface area contributed by atoms with Crippen LogP contribution in [-0.4, -0.2) is 14.7 Å². The van der Waals surface area contributed by atoms with Gasteiger partial charge in [0.25, 0.3) is 0 Å². The molecule has 4 heteroatoms. The Morgan fingerprint density at radius 3 is 2.83 bits per heavy atom. The molecule has 0 aliphatic heterocycles. The predicted molar refractivity (Wildman–Crippen MR) is 75.2 cm³/mol. The largest absolute Gasteiger partial charge is 0.494 e. The van der Waals surface area contributed by atoms with Crippen LogP contribution in [0.5, 0.6) is 5.88 Å². The third-order valence-electron chi connectivity index (χ3n) is 2.90. The SMILES string of the molecule is Cc1ccnc(-n2cc3cc(Br)ccc3c2O)c1. The van der Waals surface area contributed by atoms with Crippen molar-refractivity contribution in [3.05, 3.63) is 52.8 Å². The quantitative estimate of drug-likeness (QED) is 0.742. The molecule has 0 amide bonds. The highest BCUT2D eigenvalue weighted by Gasteiger charge is 2.10. The van der Waals surface area contributed by atoms with Gasteiger partial charge < -0.3 is 5.11 Å². The summed E-state index contributed by atoms with van der Waals surface area (Å²) < 4.78 is 2.69. The van der Waals surface area contributed by atoms with Crippen molar-refractivity contribution >= 4 is 26.7 Å². The number of aromatic hydroxyl groups is 1. The summed E-state index contributed by atoms with van der Waals surface area (Å²) >= 11 is 3.43. The van der Waals surface area contributed by atoms with Crippen LogP contribution in [-0.2, 0) is 0 Å². The molecule has 3 rings (SSSR count). The van der Waals surface area contributed by atoms with E-state index in [1.165, 1.54) is 0 Å². The van der Waals surface area contributed by atoms with Gasteiger partial charge in [0.2, 0.25) is 5.88 Å². The van der Waals surface area contributed by atoms with E-state index in [0.29, 0.717) is 0 Å². The van der Waals surface area contributed by atoms with Crippen molar-refractivity contribution in [1.82, 2.24) is 9.55 Å². The van der Waals surface area contributed by atoms with E-state index >= 15 is 0 Å². The molecule has 0 radical (unpaired) electrons. The summed E-state index contributed by atoms with van der Waals surface area (Å²) in [6.45, 7) is 2.00. The first-order valence-electron chi connectivity index (χ1n) is 5.58. The number of pyridine rings is 1. The molecule has 0 saturated heterocycles. The zero-order valence-corrected chi connectivity index (χ0v) is 11.3. The lowest BCUT2D eigenvalue weighted by molar-refractivity contribution is 0.447. The Labute approximate surface area is 113 Å². The number of hydrogen-bond donors (Lipinski definition) is 1. The van der Waals surface area contributed by atoms with Crippen molar-refractivity contribution in [2.24, 2.45) is 0 Å². The van der Waals surface area contributed by atoms with Crippen LogP contribution in [0.1, 0.15) is 5.56 Å². The maximum atomic E-state index is 10.2. The molecule has 0 saturated carbocycles. The van der Waals surface area contributed by atoms with E-state index in [1.807, 2.05) is 43.5 Å². The summed E-state index contributed by atoms with van der Waals surface area (Å²) in [6.07, 6.45) is 3.63. The molecule has 2 heterocycles. The van der Waals surface area contributed by atoms with Crippen LogP contribution in [0.3, 0.4) is 0 Å². The first kappa shape index (κ1) is 11.3. The van der Waals surface area contributed by atoms with Crippen molar-refractivity contribution in [3.63, 3.8) is 0 Å². The fourth-order valence-corrected chi connectivity index (χ4v) is 2.38. The molecule has 2 aromatic heterocycles. The molecule has 0 bridgehead atoms. The van der Waals surface area contributed by atoms with Gasteiger partial charge in [0.15, 0.2) is 0 Å². The van der Waals surface area contributed by atoms with E-state index in [9.17, 15) is 5.11 Å². The van der Waals surface area contributed by atoms with Crippen LogP contribution in [0.25, 0.3) is 16.6 Å². The van der Waals surface area contributed by atoms with E-state index in [0.717, 1.165) is 26.6 Å². The number of halogens is 1. The first-order chi connectivity index (χ1) is 8.65. The topological polar surface area (TPSA) is 38.0 Å². The van der Waals surface area contributed by atoms with Crippen LogP contribution in [0.15, 0.2) is 47.2 Å². The predicted octanol–water partition coefficient (Wildman–Crippen LogP) is 3.80. The van der Waals surface area contributed by atoms with Gasteiger partial charge in [-0.1, -0.05) is 15.9 Å². The Balaban J connectivity index is 2.27. The van der Waals surface area contributed by atoms with Crippen LogP contribution < -0.4 is 0 Å². The van der Waals surface area contributed by atoms with Crippen molar-refractivity contribution < 1.29 is 5.11 Å². The maximum absolute atomic E-state index is 10.2. The second kappa shape index (κ2) is 4.14. The fourth-order valence-electron chi connectivity index (χ4n) is 2.00. The van der Waals surface area contributed by atoms with E-state index < -0.39 is 0 Å². The highest BCUT2D eigenvalue weighted by Crippen LogP contribution is 2.31. The maximum Gasteiger partial charge on any atom is 0.204 e. The minimum absolute atomic E-state index is 0.218. The molecule has 90 valence electrons. The lowest BCUT2D eigenvalue weighted by atomic mass is 10.2. The molecule has 1 N–H and O–H groups in total. The van der Waals surface area contributed by atoms with Crippen LogP contribution in [0.2, 0.25) is 0 Å². The summed E-state index contributed by atoms with van der Waals surface area (Å²) in [5, 5.41) is 12.0. The molecule has 0 fully saturated rings. The van der Waals surface area contributed by atoms with Gasteiger partial charge in [-0.05, 0) is 42.8 Å². The zero-order valence-electron chi connectivity index (χ0n) is 9.76. The third kappa shape index (κ3) is 1.78. The Morgan fingerprint density at radius 2 is 2.06 bits per heavy atom. The molecular weight excluding hydrogens is 292 g/mol. The van der Waals surface area contributed by atoms with Crippen LogP contribution >= 0.6 is 15.9 Å². The molecule has 1 aromatic carbocycles.